The molecular weight excluding hydrogens is 483 g/mol. The van der Waals surface area contributed by atoms with E-state index in [9.17, 15) is 4.79 Å². The van der Waals surface area contributed by atoms with E-state index in [1.54, 1.807) is 17.4 Å². The number of fused-ring (bicyclic) bond motifs is 1. The SMILES string of the molecule is CCOC(=O)c1ccc2nc(-c3ccc(CC4CCI(C)CC4)nc3)sc2c1. The molecule has 0 unspecified atom stereocenters. The van der Waals surface area contributed by atoms with Crippen molar-refractivity contribution in [1.82, 2.24) is 9.97 Å². The number of alkyl halides is 3. The predicted molar refractivity (Wildman–Crippen MR) is 125 cm³/mol. The van der Waals surface area contributed by atoms with Crippen LogP contribution < -0.4 is 0 Å². The van der Waals surface area contributed by atoms with Crippen LogP contribution in [0.5, 0.6) is 0 Å². The van der Waals surface area contributed by atoms with Crippen molar-refractivity contribution in [3.8, 4) is 10.6 Å². The molecule has 0 spiro atoms. The van der Waals surface area contributed by atoms with Gasteiger partial charge in [0.1, 0.15) is 0 Å². The standard InChI is InChI=1S/C22H25IN2O2S/c1-3-27-22(26)16-5-7-19-20(13-16)28-21(25-19)17-4-6-18(24-14-17)12-15-8-10-23(2)11-9-15/h4-7,13-15H,3,8-12H2,1-2H3. The first kappa shape index (κ1) is 19.8. The fraction of sp³-hybridized carbons (Fsp3) is 0.409. The third-order valence-corrected chi connectivity index (χ3v) is 11.1. The Morgan fingerprint density at radius 3 is 2.79 bits per heavy atom. The van der Waals surface area contributed by atoms with Gasteiger partial charge in [-0.25, -0.2) is 4.79 Å². The monoisotopic (exact) mass is 508 g/mol. The summed E-state index contributed by atoms with van der Waals surface area (Å²) in [7, 11) is 0. The number of halogens is 1. The summed E-state index contributed by atoms with van der Waals surface area (Å²) in [6, 6.07) is 9.82. The molecule has 4 rings (SSSR count). The van der Waals surface area contributed by atoms with E-state index < -0.39 is 19.8 Å². The maximum atomic E-state index is 11.9. The van der Waals surface area contributed by atoms with Crippen LogP contribution in [0.2, 0.25) is 0 Å². The summed E-state index contributed by atoms with van der Waals surface area (Å²) in [6.07, 6.45) is 5.84. The van der Waals surface area contributed by atoms with Gasteiger partial charge in [0.25, 0.3) is 0 Å². The van der Waals surface area contributed by atoms with Crippen molar-refractivity contribution >= 4 is 47.3 Å². The topological polar surface area (TPSA) is 52.1 Å². The number of nitrogens with zero attached hydrogens (tertiary/aromatic N) is 2. The minimum atomic E-state index is -0.537. The molecule has 0 N–H and O–H groups in total. The first-order valence-electron chi connectivity index (χ1n) is 9.67. The number of esters is 1. The molecule has 0 saturated carbocycles. The molecule has 148 valence electrons. The van der Waals surface area contributed by atoms with Crippen molar-refractivity contribution in [2.75, 3.05) is 20.4 Å². The summed E-state index contributed by atoms with van der Waals surface area (Å²) >= 11 is 1.05. The molecule has 6 heteroatoms. The summed E-state index contributed by atoms with van der Waals surface area (Å²) in [5.41, 5.74) is 3.70. The molecule has 0 atom stereocenters. The van der Waals surface area contributed by atoms with E-state index >= 15 is 0 Å². The van der Waals surface area contributed by atoms with Gasteiger partial charge in [-0.05, 0) is 13.0 Å². The summed E-state index contributed by atoms with van der Waals surface area (Å²) in [5.74, 6) is 0.529. The normalized spacial score (nSPS) is 16.4. The van der Waals surface area contributed by atoms with Crippen LogP contribution in [-0.4, -0.2) is 36.3 Å². The number of hydrogen-bond acceptors (Lipinski definition) is 5. The number of hydrogen-bond donors (Lipinski definition) is 0. The van der Waals surface area contributed by atoms with E-state index in [4.69, 9.17) is 14.7 Å². The third kappa shape index (κ3) is 4.54. The molecule has 1 aliphatic heterocycles. The Morgan fingerprint density at radius 2 is 2.07 bits per heavy atom. The van der Waals surface area contributed by atoms with Crippen molar-refractivity contribution in [1.29, 1.82) is 0 Å². The van der Waals surface area contributed by atoms with Gasteiger partial charge < -0.3 is 4.74 Å². The van der Waals surface area contributed by atoms with E-state index in [-0.39, 0.29) is 5.97 Å². The van der Waals surface area contributed by atoms with Crippen LogP contribution in [0, 0.1) is 5.92 Å². The van der Waals surface area contributed by atoms with Gasteiger partial charge in [-0.1, -0.05) is 0 Å². The Labute approximate surface area is 177 Å². The second kappa shape index (κ2) is 8.86. The quantitative estimate of drug-likeness (QED) is 0.255. The van der Waals surface area contributed by atoms with E-state index in [1.807, 2.05) is 25.3 Å². The van der Waals surface area contributed by atoms with Crippen LogP contribution in [0.1, 0.15) is 35.8 Å². The Morgan fingerprint density at radius 1 is 1.25 bits per heavy atom. The Bertz CT molecular complexity index is 962. The molecular formula is C22H25IN2O2S. The van der Waals surface area contributed by atoms with Gasteiger partial charge in [-0.2, -0.15) is 0 Å². The van der Waals surface area contributed by atoms with Crippen molar-refractivity contribution in [2.24, 2.45) is 5.92 Å². The van der Waals surface area contributed by atoms with Crippen LogP contribution in [-0.2, 0) is 11.2 Å². The van der Waals surface area contributed by atoms with Crippen molar-refractivity contribution in [3.63, 3.8) is 0 Å². The average Bonchev–Trinajstić information content (AvgIpc) is 3.14. The first-order chi connectivity index (χ1) is 13.6. The van der Waals surface area contributed by atoms with Crippen molar-refractivity contribution < 1.29 is 9.53 Å². The van der Waals surface area contributed by atoms with Crippen LogP contribution in [0.15, 0.2) is 36.5 Å². The van der Waals surface area contributed by atoms with Crippen LogP contribution in [0.3, 0.4) is 0 Å². The molecule has 4 nitrogen and oxygen atoms in total. The molecule has 0 radical (unpaired) electrons. The number of aromatic nitrogens is 2. The minimum absolute atomic E-state index is 0.287. The van der Waals surface area contributed by atoms with Crippen molar-refractivity contribution in [3.05, 3.63) is 47.8 Å². The van der Waals surface area contributed by atoms with Gasteiger partial charge in [0.05, 0.1) is 12.2 Å². The predicted octanol–water partition coefficient (Wildman–Crippen LogP) is 5.62. The molecule has 1 aliphatic rings. The summed E-state index contributed by atoms with van der Waals surface area (Å²) < 4.78 is 9.09. The average molecular weight is 508 g/mol. The zero-order valence-corrected chi connectivity index (χ0v) is 19.3. The number of rotatable bonds is 5. The number of carbonyl (C=O) groups excluding carboxylic acids is 1. The molecule has 1 aromatic carbocycles. The molecule has 1 fully saturated rings. The fourth-order valence-corrected chi connectivity index (χ4v) is 8.90. The molecule has 0 amide bonds. The number of carbonyl (C=O) groups is 1. The third-order valence-electron chi connectivity index (χ3n) is 5.15. The number of benzene rings is 1. The summed E-state index contributed by atoms with van der Waals surface area (Å²) in [6.45, 7) is 2.19. The summed E-state index contributed by atoms with van der Waals surface area (Å²) in [5, 5.41) is 0.938. The van der Waals surface area contributed by atoms with E-state index in [2.05, 4.69) is 17.1 Å². The number of pyridine rings is 1. The van der Waals surface area contributed by atoms with E-state index in [0.29, 0.717) is 12.2 Å². The number of thiazole rings is 1. The van der Waals surface area contributed by atoms with Gasteiger partial charge in [-0.3, -0.25) is 0 Å². The molecule has 0 bridgehead atoms. The second-order valence-corrected chi connectivity index (χ2v) is 14.5. The molecule has 2 aromatic heterocycles. The van der Waals surface area contributed by atoms with Crippen LogP contribution >= 0.6 is 31.2 Å². The maximum absolute atomic E-state index is 11.9. The van der Waals surface area contributed by atoms with Gasteiger partial charge in [0.15, 0.2) is 0 Å². The number of ether oxygens (including phenoxy) is 1. The summed E-state index contributed by atoms with van der Waals surface area (Å²) in [4.78, 5) is 23.9. The van der Waals surface area contributed by atoms with Gasteiger partial charge in [0.2, 0.25) is 0 Å². The molecule has 1 saturated heterocycles. The zero-order chi connectivity index (χ0) is 19.5. The van der Waals surface area contributed by atoms with Gasteiger partial charge >= 0.3 is 143 Å². The second-order valence-electron chi connectivity index (χ2n) is 7.21. The van der Waals surface area contributed by atoms with E-state index in [0.717, 1.165) is 33.1 Å². The molecule has 3 heterocycles. The fourth-order valence-electron chi connectivity index (χ4n) is 3.48. The van der Waals surface area contributed by atoms with Crippen molar-refractivity contribution in [2.45, 2.75) is 26.2 Å². The van der Waals surface area contributed by atoms with E-state index in [1.165, 1.54) is 27.4 Å². The Kier molecular flexibility index (Phi) is 6.25. The molecule has 3 aromatic rings. The first-order valence-corrected chi connectivity index (χ1v) is 15.7. The Hall–Kier alpha value is -1.54. The Balaban J connectivity index is 1.49. The van der Waals surface area contributed by atoms with Gasteiger partial charge in [0, 0.05) is 0 Å². The van der Waals surface area contributed by atoms with Gasteiger partial charge in [-0.15, -0.1) is 0 Å². The molecule has 0 aliphatic carbocycles. The van der Waals surface area contributed by atoms with Crippen LogP contribution in [0.25, 0.3) is 20.8 Å². The molecule has 28 heavy (non-hydrogen) atoms. The van der Waals surface area contributed by atoms with Crippen LogP contribution in [0.4, 0.5) is 0 Å². The zero-order valence-electron chi connectivity index (χ0n) is 16.3.